The minimum atomic E-state index is 0.441. The van der Waals surface area contributed by atoms with E-state index in [2.05, 4.69) is 11.8 Å². The SMILES string of the molecule is CC1CCN(C(=S)c2ccccc2OCc2ccccc2Cl)CC1. The summed E-state index contributed by atoms with van der Waals surface area (Å²) in [5.41, 5.74) is 1.97. The molecule has 24 heavy (non-hydrogen) atoms. The number of para-hydroxylation sites is 1. The molecule has 0 atom stereocenters. The number of hydrogen-bond acceptors (Lipinski definition) is 2. The summed E-state index contributed by atoms with van der Waals surface area (Å²) < 4.78 is 6.04. The van der Waals surface area contributed by atoms with E-state index in [1.54, 1.807) is 0 Å². The first kappa shape index (κ1) is 17.2. The first-order chi connectivity index (χ1) is 11.6. The van der Waals surface area contributed by atoms with Gasteiger partial charge in [-0.15, -0.1) is 0 Å². The molecule has 0 aliphatic carbocycles. The van der Waals surface area contributed by atoms with Gasteiger partial charge >= 0.3 is 0 Å². The standard InChI is InChI=1S/C20H22ClNOS/c1-15-10-12-22(13-11-15)20(24)17-7-3-5-9-19(17)23-14-16-6-2-4-8-18(16)21/h2-9,15H,10-14H2,1H3. The van der Waals surface area contributed by atoms with Crippen LogP contribution in [0.3, 0.4) is 0 Å². The van der Waals surface area contributed by atoms with Gasteiger partial charge in [0.25, 0.3) is 0 Å². The van der Waals surface area contributed by atoms with Gasteiger partial charge in [0, 0.05) is 23.7 Å². The minimum Gasteiger partial charge on any atom is -0.488 e. The Kier molecular flexibility index (Phi) is 5.75. The van der Waals surface area contributed by atoms with Crippen LogP contribution < -0.4 is 4.74 Å². The van der Waals surface area contributed by atoms with Gasteiger partial charge in [-0.2, -0.15) is 0 Å². The van der Waals surface area contributed by atoms with Gasteiger partial charge in [-0.3, -0.25) is 0 Å². The Morgan fingerprint density at radius 3 is 2.54 bits per heavy atom. The topological polar surface area (TPSA) is 12.5 Å². The predicted octanol–water partition coefficient (Wildman–Crippen LogP) is 5.33. The third kappa shape index (κ3) is 4.08. The van der Waals surface area contributed by atoms with Gasteiger partial charge in [-0.1, -0.05) is 61.1 Å². The fourth-order valence-electron chi connectivity index (χ4n) is 2.92. The number of nitrogens with zero attached hydrogens (tertiary/aromatic N) is 1. The Balaban J connectivity index is 1.73. The van der Waals surface area contributed by atoms with Crippen molar-refractivity contribution in [2.24, 2.45) is 5.92 Å². The number of piperidine rings is 1. The smallest absolute Gasteiger partial charge is 0.130 e. The molecule has 0 spiro atoms. The van der Waals surface area contributed by atoms with Crippen molar-refractivity contribution in [1.29, 1.82) is 0 Å². The van der Waals surface area contributed by atoms with E-state index in [9.17, 15) is 0 Å². The van der Waals surface area contributed by atoms with Gasteiger partial charge in [-0.25, -0.2) is 0 Å². The molecule has 126 valence electrons. The Hall–Kier alpha value is -1.58. The highest BCUT2D eigenvalue weighted by Crippen LogP contribution is 2.26. The summed E-state index contributed by atoms with van der Waals surface area (Å²) in [6.45, 7) is 4.80. The van der Waals surface area contributed by atoms with E-state index in [1.165, 1.54) is 12.8 Å². The molecule has 1 fully saturated rings. The highest BCUT2D eigenvalue weighted by molar-refractivity contribution is 7.80. The zero-order chi connectivity index (χ0) is 16.9. The van der Waals surface area contributed by atoms with Crippen LogP contribution in [0.4, 0.5) is 0 Å². The second-order valence-corrected chi connectivity index (χ2v) is 7.14. The van der Waals surface area contributed by atoms with Crippen LogP contribution in [0.25, 0.3) is 0 Å². The number of thiocarbonyl (C=S) groups is 1. The summed E-state index contributed by atoms with van der Waals surface area (Å²) in [7, 11) is 0. The molecule has 0 unspecified atom stereocenters. The number of halogens is 1. The molecule has 0 radical (unpaired) electrons. The third-order valence-corrected chi connectivity index (χ3v) is 5.38. The van der Waals surface area contributed by atoms with E-state index in [4.69, 9.17) is 28.6 Å². The van der Waals surface area contributed by atoms with E-state index in [-0.39, 0.29) is 0 Å². The quantitative estimate of drug-likeness (QED) is 0.685. The lowest BCUT2D eigenvalue weighted by atomic mass is 9.99. The van der Waals surface area contributed by atoms with Gasteiger partial charge in [0.2, 0.25) is 0 Å². The van der Waals surface area contributed by atoms with Crippen molar-refractivity contribution < 1.29 is 4.74 Å². The molecule has 3 rings (SSSR count). The lowest BCUT2D eigenvalue weighted by Gasteiger charge is -2.32. The highest BCUT2D eigenvalue weighted by atomic mass is 35.5. The van der Waals surface area contributed by atoms with Gasteiger partial charge in [0.15, 0.2) is 0 Å². The van der Waals surface area contributed by atoms with Crippen LogP contribution in [0.2, 0.25) is 5.02 Å². The van der Waals surface area contributed by atoms with E-state index in [0.717, 1.165) is 45.9 Å². The molecule has 1 aliphatic rings. The van der Waals surface area contributed by atoms with Crippen LogP contribution >= 0.6 is 23.8 Å². The summed E-state index contributed by atoms with van der Waals surface area (Å²) in [4.78, 5) is 3.18. The molecule has 2 aromatic rings. The lowest BCUT2D eigenvalue weighted by molar-refractivity contribution is 0.281. The number of rotatable bonds is 4. The molecule has 1 heterocycles. The molecule has 4 heteroatoms. The second kappa shape index (κ2) is 8.00. The Bertz CT molecular complexity index is 710. The molecule has 1 saturated heterocycles. The van der Waals surface area contributed by atoms with Crippen molar-refractivity contribution in [2.45, 2.75) is 26.4 Å². The summed E-state index contributed by atoms with van der Waals surface area (Å²) in [5, 5.41) is 0.725. The Morgan fingerprint density at radius 2 is 1.79 bits per heavy atom. The molecule has 2 aromatic carbocycles. The number of ether oxygens (including phenoxy) is 1. The van der Waals surface area contributed by atoms with Crippen LogP contribution in [0.5, 0.6) is 5.75 Å². The van der Waals surface area contributed by atoms with Crippen LogP contribution in [0.15, 0.2) is 48.5 Å². The van der Waals surface area contributed by atoms with E-state index in [0.29, 0.717) is 6.61 Å². The van der Waals surface area contributed by atoms with Gasteiger partial charge in [-0.05, 0) is 37.0 Å². The van der Waals surface area contributed by atoms with Crippen LogP contribution in [0.1, 0.15) is 30.9 Å². The van der Waals surface area contributed by atoms with Crippen molar-refractivity contribution in [3.8, 4) is 5.75 Å². The monoisotopic (exact) mass is 359 g/mol. The van der Waals surface area contributed by atoms with E-state index < -0.39 is 0 Å². The maximum atomic E-state index is 6.21. The maximum Gasteiger partial charge on any atom is 0.130 e. The number of benzene rings is 2. The fourth-order valence-corrected chi connectivity index (χ4v) is 3.46. The van der Waals surface area contributed by atoms with Gasteiger partial charge in [0.1, 0.15) is 17.3 Å². The van der Waals surface area contributed by atoms with Crippen molar-refractivity contribution in [2.75, 3.05) is 13.1 Å². The second-order valence-electron chi connectivity index (χ2n) is 6.35. The van der Waals surface area contributed by atoms with Crippen LogP contribution in [0, 0.1) is 5.92 Å². The van der Waals surface area contributed by atoms with Gasteiger partial charge in [0.05, 0.1) is 5.56 Å². The summed E-state index contributed by atoms with van der Waals surface area (Å²) in [6.07, 6.45) is 2.39. The Labute approximate surface area is 154 Å². The highest BCUT2D eigenvalue weighted by Gasteiger charge is 2.20. The predicted molar refractivity (Wildman–Crippen MR) is 104 cm³/mol. The molecule has 0 saturated carbocycles. The number of hydrogen-bond donors (Lipinski definition) is 0. The van der Waals surface area contributed by atoms with Crippen molar-refractivity contribution in [3.05, 3.63) is 64.7 Å². The molecule has 2 nitrogen and oxygen atoms in total. The summed E-state index contributed by atoms with van der Waals surface area (Å²) in [6, 6.07) is 15.8. The minimum absolute atomic E-state index is 0.441. The average Bonchev–Trinajstić information content (AvgIpc) is 2.61. The maximum absolute atomic E-state index is 6.21. The molecule has 1 aliphatic heterocycles. The molecular formula is C20H22ClNOS. The normalized spacial score (nSPS) is 15.3. The number of likely N-dealkylation sites (tertiary alicyclic amines) is 1. The zero-order valence-electron chi connectivity index (χ0n) is 13.9. The van der Waals surface area contributed by atoms with Crippen LogP contribution in [-0.4, -0.2) is 23.0 Å². The van der Waals surface area contributed by atoms with Gasteiger partial charge < -0.3 is 9.64 Å². The molecular weight excluding hydrogens is 338 g/mol. The lowest BCUT2D eigenvalue weighted by Crippen LogP contribution is -2.37. The van der Waals surface area contributed by atoms with E-state index >= 15 is 0 Å². The van der Waals surface area contributed by atoms with Crippen LogP contribution in [-0.2, 0) is 6.61 Å². The molecule has 0 amide bonds. The largest absolute Gasteiger partial charge is 0.488 e. The van der Waals surface area contributed by atoms with Crippen molar-refractivity contribution in [1.82, 2.24) is 4.90 Å². The van der Waals surface area contributed by atoms with E-state index in [1.807, 2.05) is 48.5 Å². The first-order valence-corrected chi connectivity index (χ1v) is 9.18. The Morgan fingerprint density at radius 1 is 1.12 bits per heavy atom. The molecule has 0 N–H and O–H groups in total. The van der Waals surface area contributed by atoms with Crippen molar-refractivity contribution >= 4 is 28.8 Å². The van der Waals surface area contributed by atoms with Crippen molar-refractivity contribution in [3.63, 3.8) is 0 Å². The average molecular weight is 360 g/mol. The third-order valence-electron chi connectivity index (χ3n) is 4.53. The molecule has 0 aromatic heterocycles. The molecule has 0 bridgehead atoms. The summed E-state index contributed by atoms with van der Waals surface area (Å²) >= 11 is 12.0. The summed E-state index contributed by atoms with van der Waals surface area (Å²) in [5.74, 6) is 1.61. The first-order valence-electron chi connectivity index (χ1n) is 8.39. The fraction of sp³-hybridized carbons (Fsp3) is 0.350. The zero-order valence-corrected chi connectivity index (χ0v) is 15.4.